The molecule has 2 aromatic rings. The maximum absolute atomic E-state index is 11.9. The molecular formula is C14H14N2O4S. The third-order valence-corrected chi connectivity index (χ3v) is 3.86. The van der Waals surface area contributed by atoms with Gasteiger partial charge in [0.25, 0.3) is 5.69 Å². The average Bonchev–Trinajstić information content (AvgIpc) is 2.98. The molecule has 0 radical (unpaired) electrons. The van der Waals surface area contributed by atoms with Crippen LogP contribution in [0.5, 0.6) is 0 Å². The normalized spacial score (nSPS) is 11.9. The number of thioether (sulfide) groups is 1. The molecule has 1 N–H and O–H groups in total. The summed E-state index contributed by atoms with van der Waals surface area (Å²) in [7, 11) is 0. The highest BCUT2D eigenvalue weighted by Gasteiger charge is 2.15. The van der Waals surface area contributed by atoms with Gasteiger partial charge < -0.3 is 9.73 Å². The van der Waals surface area contributed by atoms with Crippen molar-refractivity contribution in [2.45, 2.75) is 23.6 Å². The Hall–Kier alpha value is -2.28. The maximum Gasteiger partial charge on any atom is 0.269 e. The van der Waals surface area contributed by atoms with Crippen LogP contribution in [0.2, 0.25) is 0 Å². The lowest BCUT2D eigenvalue weighted by Gasteiger charge is -2.11. The van der Waals surface area contributed by atoms with Crippen LogP contribution in [0.1, 0.15) is 12.7 Å². The van der Waals surface area contributed by atoms with E-state index in [0.717, 1.165) is 4.90 Å². The van der Waals surface area contributed by atoms with Crippen LogP contribution in [-0.4, -0.2) is 16.1 Å². The number of nitro benzene ring substituents is 1. The van der Waals surface area contributed by atoms with E-state index in [2.05, 4.69) is 5.32 Å². The van der Waals surface area contributed by atoms with Gasteiger partial charge in [0.1, 0.15) is 5.76 Å². The Morgan fingerprint density at radius 3 is 2.67 bits per heavy atom. The molecule has 21 heavy (non-hydrogen) atoms. The van der Waals surface area contributed by atoms with Gasteiger partial charge in [0, 0.05) is 17.0 Å². The number of benzene rings is 1. The number of hydrogen-bond donors (Lipinski definition) is 1. The van der Waals surface area contributed by atoms with Crippen molar-refractivity contribution >= 4 is 23.4 Å². The Balaban J connectivity index is 1.86. The molecule has 0 bridgehead atoms. The minimum absolute atomic E-state index is 0.0364. The first-order chi connectivity index (χ1) is 10.1. The van der Waals surface area contributed by atoms with Crippen LogP contribution in [-0.2, 0) is 11.3 Å². The zero-order valence-electron chi connectivity index (χ0n) is 11.3. The van der Waals surface area contributed by atoms with E-state index in [1.165, 1.54) is 23.9 Å². The Labute approximate surface area is 125 Å². The van der Waals surface area contributed by atoms with Crippen LogP contribution in [0.3, 0.4) is 0 Å². The quantitative estimate of drug-likeness (QED) is 0.504. The lowest BCUT2D eigenvalue weighted by Crippen LogP contribution is -2.30. The Morgan fingerprint density at radius 1 is 1.38 bits per heavy atom. The molecule has 1 amide bonds. The second kappa shape index (κ2) is 6.94. The molecule has 6 nitrogen and oxygen atoms in total. The van der Waals surface area contributed by atoms with Gasteiger partial charge in [-0.3, -0.25) is 14.9 Å². The lowest BCUT2D eigenvalue weighted by molar-refractivity contribution is -0.384. The molecule has 0 aliphatic heterocycles. The van der Waals surface area contributed by atoms with E-state index < -0.39 is 4.92 Å². The first-order valence-electron chi connectivity index (χ1n) is 6.27. The Kier molecular flexibility index (Phi) is 4.99. The zero-order valence-corrected chi connectivity index (χ0v) is 12.1. The van der Waals surface area contributed by atoms with E-state index in [0.29, 0.717) is 12.3 Å². The molecule has 1 aromatic carbocycles. The van der Waals surface area contributed by atoms with Crippen molar-refractivity contribution < 1.29 is 14.1 Å². The van der Waals surface area contributed by atoms with Gasteiger partial charge in [0.05, 0.1) is 23.0 Å². The van der Waals surface area contributed by atoms with E-state index in [9.17, 15) is 14.9 Å². The van der Waals surface area contributed by atoms with E-state index >= 15 is 0 Å². The molecule has 0 aliphatic rings. The van der Waals surface area contributed by atoms with Crippen molar-refractivity contribution in [3.05, 3.63) is 58.5 Å². The van der Waals surface area contributed by atoms with E-state index in [-0.39, 0.29) is 16.8 Å². The number of nitrogens with zero attached hydrogens (tertiary/aromatic N) is 1. The summed E-state index contributed by atoms with van der Waals surface area (Å²) >= 11 is 1.34. The van der Waals surface area contributed by atoms with Crippen LogP contribution in [0.15, 0.2) is 52.0 Å². The molecule has 0 saturated heterocycles. The predicted molar refractivity (Wildman–Crippen MR) is 79.0 cm³/mol. The van der Waals surface area contributed by atoms with Crippen LogP contribution in [0, 0.1) is 10.1 Å². The molecule has 7 heteroatoms. The van der Waals surface area contributed by atoms with E-state index in [1.807, 2.05) is 0 Å². The summed E-state index contributed by atoms with van der Waals surface area (Å²) in [5.74, 6) is 0.575. The van der Waals surface area contributed by atoms with Gasteiger partial charge in [-0.1, -0.05) is 0 Å². The lowest BCUT2D eigenvalue weighted by atomic mass is 10.3. The molecule has 0 spiro atoms. The Bertz CT molecular complexity index is 610. The molecule has 110 valence electrons. The summed E-state index contributed by atoms with van der Waals surface area (Å²) in [5, 5.41) is 13.0. The second-order valence-corrected chi connectivity index (χ2v) is 5.72. The molecule has 1 atom stereocenters. The highest BCUT2D eigenvalue weighted by Crippen LogP contribution is 2.25. The minimum Gasteiger partial charge on any atom is -0.467 e. The van der Waals surface area contributed by atoms with Gasteiger partial charge in [0.2, 0.25) is 5.91 Å². The number of carbonyl (C=O) groups is 1. The molecule has 0 fully saturated rings. The van der Waals surface area contributed by atoms with Crippen molar-refractivity contribution in [3.63, 3.8) is 0 Å². The number of nitrogens with one attached hydrogen (secondary N) is 1. The number of carbonyl (C=O) groups excluding carboxylic acids is 1. The molecule has 0 saturated carbocycles. The van der Waals surface area contributed by atoms with E-state index in [1.54, 1.807) is 37.5 Å². The highest BCUT2D eigenvalue weighted by molar-refractivity contribution is 8.00. The average molecular weight is 306 g/mol. The van der Waals surface area contributed by atoms with Crippen molar-refractivity contribution in [2.75, 3.05) is 0 Å². The summed E-state index contributed by atoms with van der Waals surface area (Å²) in [6, 6.07) is 9.68. The molecular weight excluding hydrogens is 292 g/mol. The number of non-ortho nitro benzene ring substituents is 1. The summed E-state index contributed by atoms with van der Waals surface area (Å²) in [6.07, 6.45) is 1.55. The van der Waals surface area contributed by atoms with Crippen molar-refractivity contribution in [2.24, 2.45) is 0 Å². The molecule has 1 heterocycles. The van der Waals surface area contributed by atoms with Gasteiger partial charge in [-0.15, -0.1) is 11.8 Å². The summed E-state index contributed by atoms with van der Waals surface area (Å²) in [5.41, 5.74) is 0.0364. The van der Waals surface area contributed by atoms with Gasteiger partial charge in [-0.05, 0) is 31.2 Å². The standard InChI is InChI=1S/C14H14N2O4S/c1-10(14(17)15-9-12-3-2-8-20-12)21-13-6-4-11(5-7-13)16(18)19/h2-8,10H,9H2,1H3,(H,15,17)/t10-/m1/s1. The molecule has 0 aliphatic carbocycles. The third-order valence-electron chi connectivity index (χ3n) is 2.75. The fourth-order valence-electron chi connectivity index (χ4n) is 1.64. The molecule has 2 rings (SSSR count). The monoisotopic (exact) mass is 306 g/mol. The fraction of sp³-hybridized carbons (Fsp3) is 0.214. The first kappa shape index (κ1) is 15.1. The van der Waals surface area contributed by atoms with Crippen LogP contribution < -0.4 is 5.32 Å². The predicted octanol–water partition coefficient (Wildman–Crippen LogP) is 2.98. The fourth-order valence-corrected chi connectivity index (χ4v) is 2.53. The number of hydrogen-bond acceptors (Lipinski definition) is 5. The van der Waals surface area contributed by atoms with Crippen molar-refractivity contribution in [3.8, 4) is 0 Å². The smallest absolute Gasteiger partial charge is 0.269 e. The second-order valence-electron chi connectivity index (χ2n) is 4.31. The SMILES string of the molecule is C[C@@H](Sc1ccc([N+](=O)[O-])cc1)C(=O)NCc1ccco1. The molecule has 0 unspecified atom stereocenters. The number of furan rings is 1. The van der Waals surface area contributed by atoms with Crippen molar-refractivity contribution in [1.29, 1.82) is 0 Å². The van der Waals surface area contributed by atoms with Gasteiger partial charge >= 0.3 is 0 Å². The van der Waals surface area contributed by atoms with Gasteiger partial charge in [0.15, 0.2) is 0 Å². The number of amides is 1. The highest BCUT2D eigenvalue weighted by atomic mass is 32.2. The summed E-state index contributed by atoms with van der Waals surface area (Å²) < 4.78 is 5.13. The molecule has 1 aromatic heterocycles. The largest absolute Gasteiger partial charge is 0.467 e. The summed E-state index contributed by atoms with van der Waals surface area (Å²) in [6.45, 7) is 2.13. The van der Waals surface area contributed by atoms with E-state index in [4.69, 9.17) is 4.42 Å². The topological polar surface area (TPSA) is 85.4 Å². The van der Waals surface area contributed by atoms with Crippen molar-refractivity contribution in [1.82, 2.24) is 5.32 Å². The maximum atomic E-state index is 11.9. The zero-order chi connectivity index (χ0) is 15.2. The van der Waals surface area contributed by atoms with Gasteiger partial charge in [-0.25, -0.2) is 0 Å². The summed E-state index contributed by atoms with van der Waals surface area (Å²) in [4.78, 5) is 22.9. The Morgan fingerprint density at radius 2 is 2.10 bits per heavy atom. The minimum atomic E-state index is -0.450. The van der Waals surface area contributed by atoms with Gasteiger partial charge in [-0.2, -0.15) is 0 Å². The first-order valence-corrected chi connectivity index (χ1v) is 7.15. The van der Waals surface area contributed by atoms with Crippen LogP contribution >= 0.6 is 11.8 Å². The number of rotatable bonds is 6. The van der Waals surface area contributed by atoms with Crippen LogP contribution in [0.25, 0.3) is 0 Å². The third kappa shape index (κ3) is 4.35. The van der Waals surface area contributed by atoms with Crippen LogP contribution in [0.4, 0.5) is 5.69 Å². The number of nitro groups is 1.